The molecule has 0 unspecified atom stereocenters. The van der Waals surface area contributed by atoms with Crippen LogP contribution in [0.3, 0.4) is 0 Å². The topological polar surface area (TPSA) is 194 Å². The number of rotatable bonds is 13. The highest BCUT2D eigenvalue weighted by atomic mass is 32.2. The van der Waals surface area contributed by atoms with E-state index >= 15 is 0 Å². The molecule has 0 saturated carbocycles. The first kappa shape index (κ1) is 35.0. The smallest absolute Gasteiger partial charge is 0.410 e. The summed E-state index contributed by atoms with van der Waals surface area (Å²) in [6.07, 6.45) is 2.72. The lowest BCUT2D eigenvalue weighted by molar-refractivity contribution is -0.137. The molecule has 5 rings (SSSR count). The van der Waals surface area contributed by atoms with Gasteiger partial charge in [-0.25, -0.2) is 22.9 Å². The summed E-state index contributed by atoms with van der Waals surface area (Å²) < 4.78 is 39.6. The molecule has 3 atom stereocenters. The number of carbonyl (C=O) groups excluding carboxylic acids is 4. The van der Waals surface area contributed by atoms with Crippen LogP contribution in [0, 0.1) is 6.92 Å². The maximum atomic E-state index is 13.9. The molecule has 2 fully saturated rings. The summed E-state index contributed by atoms with van der Waals surface area (Å²) in [7, 11) is -4.03. The lowest BCUT2D eigenvalue weighted by Crippen LogP contribution is -2.52. The number of oxazole rings is 1. The molecule has 3 amide bonds. The highest BCUT2D eigenvalue weighted by Crippen LogP contribution is 2.24. The Labute approximate surface area is 279 Å². The summed E-state index contributed by atoms with van der Waals surface area (Å²) in [5.74, 6) is -2.03. The van der Waals surface area contributed by atoms with Gasteiger partial charge in [-0.3, -0.25) is 14.4 Å². The minimum Gasteiger partial charge on any atom is -0.444 e. The summed E-state index contributed by atoms with van der Waals surface area (Å²) in [5, 5.41) is 2.77. The second-order valence-electron chi connectivity index (χ2n) is 12.2. The molecule has 2 aliphatic heterocycles. The molecular formula is C33H42N6O8S. The fourth-order valence-corrected chi connectivity index (χ4v) is 6.89. The number of unbranched alkanes of at least 4 members (excludes halogenated alkanes) is 1. The number of ketones is 1. The predicted molar refractivity (Wildman–Crippen MR) is 175 cm³/mol. The van der Waals surface area contributed by atoms with Crippen molar-refractivity contribution in [3.8, 4) is 0 Å². The average Bonchev–Trinajstić information content (AvgIpc) is 3.72. The Kier molecular flexibility index (Phi) is 11.4. The summed E-state index contributed by atoms with van der Waals surface area (Å²) in [5.41, 5.74) is 7.46. The van der Waals surface area contributed by atoms with E-state index in [1.54, 1.807) is 41.3 Å². The minimum absolute atomic E-state index is 0.0111. The SMILES string of the molecule is Cc1ccc(S(=O)(=O)NCC(=O)N2C[C@H](OC(=O)N3CCCCC3)C[C@H]2C(=O)N[C@@H](CCCCN)C(=O)c2nc3ccccc3o2)cc1. The lowest BCUT2D eigenvalue weighted by atomic mass is 10.0. The predicted octanol–water partition coefficient (Wildman–Crippen LogP) is 2.50. The van der Waals surface area contributed by atoms with Crippen LogP contribution < -0.4 is 15.8 Å². The third-order valence-electron chi connectivity index (χ3n) is 8.60. The zero-order valence-corrected chi connectivity index (χ0v) is 27.7. The molecule has 258 valence electrons. The van der Waals surface area contributed by atoms with Crippen molar-refractivity contribution >= 4 is 44.8 Å². The molecule has 15 heteroatoms. The maximum absolute atomic E-state index is 13.9. The number of Topliss-reactive ketones (excluding diaryl/α,β-unsaturated/α-hetero) is 1. The first-order chi connectivity index (χ1) is 23.1. The monoisotopic (exact) mass is 682 g/mol. The normalized spacial score (nSPS) is 18.9. The van der Waals surface area contributed by atoms with Gasteiger partial charge in [-0.2, -0.15) is 0 Å². The van der Waals surface area contributed by atoms with E-state index in [0.717, 1.165) is 24.8 Å². The third-order valence-corrected chi connectivity index (χ3v) is 10.0. The number of ether oxygens (including phenoxy) is 1. The van der Waals surface area contributed by atoms with Crippen LogP contribution in [-0.4, -0.2) is 97.8 Å². The quantitative estimate of drug-likeness (QED) is 0.178. The zero-order chi connectivity index (χ0) is 34.3. The van der Waals surface area contributed by atoms with Gasteiger partial charge in [-0.15, -0.1) is 0 Å². The number of amides is 3. The van der Waals surface area contributed by atoms with Crippen molar-refractivity contribution in [2.45, 2.75) is 75.0 Å². The van der Waals surface area contributed by atoms with Crippen LogP contribution in [0.15, 0.2) is 57.8 Å². The Hall–Kier alpha value is -4.34. The number of nitrogens with zero attached hydrogens (tertiary/aromatic N) is 3. The fraction of sp³-hybridized carbons (Fsp3) is 0.485. The van der Waals surface area contributed by atoms with Crippen molar-refractivity contribution < 1.29 is 36.7 Å². The van der Waals surface area contributed by atoms with Crippen LogP contribution in [0.1, 0.15) is 61.2 Å². The Morgan fingerprint density at radius 1 is 1.04 bits per heavy atom. The van der Waals surface area contributed by atoms with Gasteiger partial charge in [-0.1, -0.05) is 29.8 Å². The summed E-state index contributed by atoms with van der Waals surface area (Å²) in [4.78, 5) is 61.0. The van der Waals surface area contributed by atoms with Crippen LogP contribution >= 0.6 is 0 Å². The molecule has 2 aliphatic rings. The van der Waals surface area contributed by atoms with Gasteiger partial charge in [0.15, 0.2) is 5.58 Å². The first-order valence-electron chi connectivity index (χ1n) is 16.3. The van der Waals surface area contributed by atoms with E-state index in [4.69, 9.17) is 14.9 Å². The lowest BCUT2D eigenvalue weighted by Gasteiger charge is -2.27. The number of aryl methyl sites for hydroxylation is 1. The van der Waals surface area contributed by atoms with E-state index in [-0.39, 0.29) is 30.2 Å². The first-order valence-corrected chi connectivity index (χ1v) is 17.8. The van der Waals surface area contributed by atoms with Gasteiger partial charge in [0.25, 0.3) is 5.89 Å². The Bertz CT molecular complexity index is 1690. The van der Waals surface area contributed by atoms with Crippen molar-refractivity contribution in [1.29, 1.82) is 0 Å². The molecule has 2 aromatic carbocycles. The van der Waals surface area contributed by atoms with Crippen molar-refractivity contribution in [2.24, 2.45) is 5.73 Å². The average molecular weight is 683 g/mol. The molecular weight excluding hydrogens is 640 g/mol. The highest BCUT2D eigenvalue weighted by Gasteiger charge is 2.43. The van der Waals surface area contributed by atoms with Gasteiger partial charge >= 0.3 is 6.09 Å². The summed E-state index contributed by atoms with van der Waals surface area (Å²) in [6.45, 7) is 2.58. The number of nitrogens with one attached hydrogen (secondary N) is 2. The number of hydrogen-bond donors (Lipinski definition) is 3. The Balaban J connectivity index is 1.33. The molecule has 1 aromatic heterocycles. The van der Waals surface area contributed by atoms with Gasteiger partial charge < -0.3 is 30.0 Å². The minimum atomic E-state index is -4.03. The van der Waals surface area contributed by atoms with Crippen LogP contribution in [0.4, 0.5) is 4.79 Å². The van der Waals surface area contributed by atoms with E-state index in [9.17, 15) is 27.6 Å². The van der Waals surface area contributed by atoms with E-state index in [1.807, 2.05) is 6.92 Å². The molecule has 0 bridgehead atoms. The Morgan fingerprint density at radius 3 is 2.48 bits per heavy atom. The number of hydrogen-bond acceptors (Lipinski definition) is 10. The molecule has 0 spiro atoms. The number of benzene rings is 2. The van der Waals surface area contributed by atoms with Crippen LogP contribution in [-0.2, 0) is 24.3 Å². The molecule has 14 nitrogen and oxygen atoms in total. The van der Waals surface area contributed by atoms with Gasteiger partial charge in [0.2, 0.25) is 27.6 Å². The second-order valence-corrected chi connectivity index (χ2v) is 14.0. The van der Waals surface area contributed by atoms with Crippen molar-refractivity contribution in [3.63, 3.8) is 0 Å². The van der Waals surface area contributed by atoms with E-state index in [2.05, 4.69) is 15.0 Å². The molecule has 0 radical (unpaired) electrons. The molecule has 2 saturated heterocycles. The number of nitrogens with two attached hydrogens (primary N) is 1. The maximum Gasteiger partial charge on any atom is 0.410 e. The van der Waals surface area contributed by atoms with Crippen LogP contribution in [0.5, 0.6) is 0 Å². The van der Waals surface area contributed by atoms with Crippen LogP contribution in [0.2, 0.25) is 0 Å². The number of fused-ring (bicyclic) bond motifs is 1. The van der Waals surface area contributed by atoms with Gasteiger partial charge in [-0.05, 0) is 76.3 Å². The molecule has 48 heavy (non-hydrogen) atoms. The number of piperidine rings is 1. The van der Waals surface area contributed by atoms with Gasteiger partial charge in [0, 0.05) is 19.5 Å². The van der Waals surface area contributed by atoms with Crippen molar-refractivity contribution in [2.75, 3.05) is 32.7 Å². The van der Waals surface area contributed by atoms with E-state index < -0.39 is 58.4 Å². The number of sulfonamides is 1. The number of para-hydroxylation sites is 2. The van der Waals surface area contributed by atoms with Crippen LogP contribution in [0.25, 0.3) is 11.1 Å². The van der Waals surface area contributed by atoms with Gasteiger partial charge in [0.05, 0.1) is 24.0 Å². The molecule has 0 aliphatic carbocycles. The van der Waals surface area contributed by atoms with Gasteiger partial charge in [0.1, 0.15) is 17.7 Å². The number of likely N-dealkylation sites (tertiary alicyclic amines) is 2. The molecule has 3 heterocycles. The second kappa shape index (κ2) is 15.7. The van der Waals surface area contributed by atoms with Crippen molar-refractivity contribution in [3.05, 3.63) is 60.0 Å². The molecule has 4 N–H and O–H groups in total. The van der Waals surface area contributed by atoms with E-state index in [0.29, 0.717) is 43.6 Å². The largest absolute Gasteiger partial charge is 0.444 e. The summed E-state index contributed by atoms with van der Waals surface area (Å²) in [6, 6.07) is 10.9. The third kappa shape index (κ3) is 8.57. The molecule has 3 aromatic rings. The zero-order valence-electron chi connectivity index (χ0n) is 26.9. The number of carbonyl (C=O) groups is 4. The number of aromatic nitrogens is 1. The van der Waals surface area contributed by atoms with E-state index in [1.165, 1.54) is 17.0 Å². The Morgan fingerprint density at radius 2 is 1.77 bits per heavy atom. The fourth-order valence-electron chi connectivity index (χ4n) is 5.92. The highest BCUT2D eigenvalue weighted by molar-refractivity contribution is 7.89. The standard InChI is InChI=1S/C33H42N6O8S/c1-22-12-14-24(15-13-22)48(44,45)35-20-29(40)39-21-23(46-33(43)38-17-7-2-8-18-38)19-27(39)31(42)36-26(10-5-6-16-34)30(41)32-37-25-9-3-4-11-28(25)47-32/h3-4,9,11-15,23,26-27,35H,2,5-8,10,16-21,34H2,1H3,(H,36,42)/t23-,26+,27+/m1/s1. The summed E-state index contributed by atoms with van der Waals surface area (Å²) >= 11 is 0. The van der Waals surface area contributed by atoms with Crippen molar-refractivity contribution in [1.82, 2.24) is 24.8 Å².